The number of nitrogens with one attached hydrogen (secondary N) is 1. The van der Waals surface area contributed by atoms with E-state index < -0.39 is 0 Å². The number of nitrogens with zero attached hydrogens (tertiary/aromatic N) is 1. The summed E-state index contributed by atoms with van der Waals surface area (Å²) >= 11 is 0. The summed E-state index contributed by atoms with van der Waals surface area (Å²) in [7, 11) is 0. The van der Waals surface area contributed by atoms with Gasteiger partial charge in [0.2, 0.25) is 6.41 Å². The van der Waals surface area contributed by atoms with Crippen LogP contribution in [0.15, 0.2) is 24.3 Å². The zero-order chi connectivity index (χ0) is 12.0. The Kier molecular flexibility index (Phi) is 4.51. The molecule has 0 unspecified atom stereocenters. The minimum Gasteiger partial charge on any atom is -0.339 e. The maximum atomic E-state index is 11.9. The van der Waals surface area contributed by atoms with Crippen molar-refractivity contribution in [3.63, 3.8) is 0 Å². The molecule has 2 amide bonds. The summed E-state index contributed by atoms with van der Waals surface area (Å²) in [6.45, 7) is 5.29. The van der Waals surface area contributed by atoms with Crippen molar-refractivity contribution in [2.45, 2.75) is 13.8 Å². The molecule has 1 aromatic carbocycles. The van der Waals surface area contributed by atoms with Gasteiger partial charge in [-0.05, 0) is 38.1 Å². The normalized spacial score (nSPS) is 9.62. The number of hydrogen-bond acceptors (Lipinski definition) is 2. The average molecular weight is 220 g/mol. The van der Waals surface area contributed by atoms with Gasteiger partial charge >= 0.3 is 0 Å². The van der Waals surface area contributed by atoms with E-state index in [4.69, 9.17) is 0 Å². The van der Waals surface area contributed by atoms with Crippen molar-refractivity contribution >= 4 is 18.0 Å². The lowest BCUT2D eigenvalue weighted by molar-refractivity contribution is -0.105. The van der Waals surface area contributed by atoms with Crippen molar-refractivity contribution in [2.75, 3.05) is 18.4 Å². The Morgan fingerprint density at radius 1 is 1.25 bits per heavy atom. The number of amides is 2. The molecule has 86 valence electrons. The summed E-state index contributed by atoms with van der Waals surface area (Å²) in [5, 5.41) is 2.53. The highest BCUT2D eigenvalue weighted by molar-refractivity contribution is 5.94. The first-order chi connectivity index (χ1) is 7.72. The van der Waals surface area contributed by atoms with Gasteiger partial charge in [0.1, 0.15) is 0 Å². The fourth-order valence-electron chi connectivity index (χ4n) is 1.47. The number of carbonyl (C=O) groups is 2. The molecule has 16 heavy (non-hydrogen) atoms. The number of benzene rings is 1. The molecule has 0 saturated heterocycles. The second kappa shape index (κ2) is 5.90. The summed E-state index contributed by atoms with van der Waals surface area (Å²) in [5.41, 5.74) is 1.33. The van der Waals surface area contributed by atoms with Gasteiger partial charge in [-0.2, -0.15) is 0 Å². The molecule has 4 nitrogen and oxygen atoms in total. The van der Waals surface area contributed by atoms with E-state index in [0.29, 0.717) is 30.8 Å². The van der Waals surface area contributed by atoms with E-state index in [-0.39, 0.29) is 5.91 Å². The van der Waals surface area contributed by atoms with Gasteiger partial charge in [-0.25, -0.2) is 0 Å². The standard InChI is InChI=1S/C12H16N2O2/c1-3-14(4-2)12(16)10-5-7-11(8-6-10)13-9-15/h5-9H,3-4H2,1-2H3,(H,13,15). The topological polar surface area (TPSA) is 49.4 Å². The predicted molar refractivity (Wildman–Crippen MR) is 63.4 cm³/mol. The predicted octanol–water partition coefficient (Wildman–Crippen LogP) is 1.74. The van der Waals surface area contributed by atoms with Crippen molar-refractivity contribution in [3.05, 3.63) is 29.8 Å². The zero-order valence-electron chi connectivity index (χ0n) is 9.56. The molecule has 0 aliphatic carbocycles. The molecule has 0 bridgehead atoms. The molecule has 1 aromatic rings. The Morgan fingerprint density at radius 3 is 2.25 bits per heavy atom. The summed E-state index contributed by atoms with van der Waals surface area (Å²) < 4.78 is 0. The molecule has 0 aliphatic heterocycles. The molecular formula is C12H16N2O2. The van der Waals surface area contributed by atoms with Crippen LogP contribution < -0.4 is 5.32 Å². The lowest BCUT2D eigenvalue weighted by Gasteiger charge is -2.18. The summed E-state index contributed by atoms with van der Waals surface area (Å²) in [6.07, 6.45) is 0.612. The molecule has 0 saturated carbocycles. The van der Waals surface area contributed by atoms with Crippen LogP contribution in [-0.2, 0) is 4.79 Å². The molecule has 0 spiro atoms. The SMILES string of the molecule is CCN(CC)C(=O)c1ccc(NC=O)cc1. The second-order valence-electron chi connectivity index (χ2n) is 3.32. The van der Waals surface area contributed by atoms with Crippen LogP contribution in [0, 0.1) is 0 Å². The molecule has 0 heterocycles. The minimum absolute atomic E-state index is 0.0163. The highest BCUT2D eigenvalue weighted by atomic mass is 16.2. The lowest BCUT2D eigenvalue weighted by Crippen LogP contribution is -2.30. The first kappa shape index (κ1) is 12.2. The van der Waals surface area contributed by atoms with Crippen molar-refractivity contribution < 1.29 is 9.59 Å². The van der Waals surface area contributed by atoms with Crippen molar-refractivity contribution in [3.8, 4) is 0 Å². The van der Waals surface area contributed by atoms with Gasteiger partial charge in [-0.3, -0.25) is 9.59 Å². The molecule has 1 rings (SSSR count). The smallest absolute Gasteiger partial charge is 0.253 e. The van der Waals surface area contributed by atoms with E-state index in [0.717, 1.165) is 0 Å². The maximum Gasteiger partial charge on any atom is 0.253 e. The Morgan fingerprint density at radius 2 is 1.81 bits per heavy atom. The number of rotatable bonds is 5. The number of hydrogen-bond donors (Lipinski definition) is 1. The molecule has 0 aliphatic rings. The lowest BCUT2D eigenvalue weighted by atomic mass is 10.2. The Hall–Kier alpha value is -1.84. The Bertz CT molecular complexity index is 356. The molecule has 0 fully saturated rings. The van der Waals surface area contributed by atoms with Gasteiger partial charge in [-0.15, -0.1) is 0 Å². The van der Waals surface area contributed by atoms with Crippen LogP contribution in [-0.4, -0.2) is 30.3 Å². The van der Waals surface area contributed by atoms with Gasteiger partial charge < -0.3 is 10.2 Å². The molecule has 4 heteroatoms. The number of anilines is 1. The molecular weight excluding hydrogens is 204 g/mol. The van der Waals surface area contributed by atoms with Crippen LogP contribution in [0.2, 0.25) is 0 Å². The minimum atomic E-state index is 0.0163. The van der Waals surface area contributed by atoms with Crippen molar-refractivity contribution in [2.24, 2.45) is 0 Å². The third-order valence-electron chi connectivity index (χ3n) is 2.41. The summed E-state index contributed by atoms with van der Waals surface area (Å²) in [4.78, 5) is 23.9. The fraction of sp³-hybridized carbons (Fsp3) is 0.333. The van der Waals surface area contributed by atoms with E-state index in [1.54, 1.807) is 29.2 Å². The van der Waals surface area contributed by atoms with Gasteiger partial charge in [0.05, 0.1) is 0 Å². The summed E-state index contributed by atoms with van der Waals surface area (Å²) in [6, 6.07) is 6.86. The first-order valence-corrected chi connectivity index (χ1v) is 5.32. The molecule has 0 radical (unpaired) electrons. The molecule has 0 atom stereocenters. The monoisotopic (exact) mass is 220 g/mol. The van der Waals surface area contributed by atoms with Gasteiger partial charge in [0.25, 0.3) is 5.91 Å². The van der Waals surface area contributed by atoms with Gasteiger partial charge in [0.15, 0.2) is 0 Å². The fourth-order valence-corrected chi connectivity index (χ4v) is 1.47. The highest BCUT2D eigenvalue weighted by Crippen LogP contribution is 2.10. The van der Waals surface area contributed by atoms with E-state index >= 15 is 0 Å². The molecule has 0 aromatic heterocycles. The van der Waals surface area contributed by atoms with E-state index in [1.807, 2.05) is 13.8 Å². The first-order valence-electron chi connectivity index (χ1n) is 5.32. The van der Waals surface area contributed by atoms with Crippen LogP contribution >= 0.6 is 0 Å². The average Bonchev–Trinajstić information content (AvgIpc) is 2.32. The van der Waals surface area contributed by atoms with Crippen LogP contribution in [0.3, 0.4) is 0 Å². The van der Waals surface area contributed by atoms with Gasteiger partial charge in [-0.1, -0.05) is 0 Å². The zero-order valence-corrected chi connectivity index (χ0v) is 9.56. The summed E-state index contributed by atoms with van der Waals surface area (Å²) in [5.74, 6) is 0.0163. The van der Waals surface area contributed by atoms with E-state index in [2.05, 4.69) is 5.32 Å². The Labute approximate surface area is 95.3 Å². The van der Waals surface area contributed by atoms with Crippen molar-refractivity contribution in [1.82, 2.24) is 4.90 Å². The third kappa shape index (κ3) is 2.82. The quantitative estimate of drug-likeness (QED) is 0.768. The Balaban J connectivity index is 2.80. The second-order valence-corrected chi connectivity index (χ2v) is 3.32. The van der Waals surface area contributed by atoms with Crippen LogP contribution in [0.1, 0.15) is 24.2 Å². The van der Waals surface area contributed by atoms with Crippen LogP contribution in [0.25, 0.3) is 0 Å². The largest absolute Gasteiger partial charge is 0.339 e. The van der Waals surface area contributed by atoms with E-state index in [1.165, 1.54) is 0 Å². The van der Waals surface area contributed by atoms with Crippen molar-refractivity contribution in [1.29, 1.82) is 0 Å². The van der Waals surface area contributed by atoms with E-state index in [9.17, 15) is 9.59 Å². The molecule has 1 N–H and O–H groups in total. The highest BCUT2D eigenvalue weighted by Gasteiger charge is 2.11. The number of carbonyl (C=O) groups excluding carboxylic acids is 2. The van der Waals surface area contributed by atoms with Gasteiger partial charge in [0, 0.05) is 24.3 Å². The van der Waals surface area contributed by atoms with Crippen LogP contribution in [0.5, 0.6) is 0 Å². The third-order valence-corrected chi connectivity index (χ3v) is 2.41. The van der Waals surface area contributed by atoms with Crippen LogP contribution in [0.4, 0.5) is 5.69 Å². The maximum absolute atomic E-state index is 11.9.